The van der Waals surface area contributed by atoms with E-state index in [4.69, 9.17) is 9.47 Å². The van der Waals surface area contributed by atoms with Crippen molar-refractivity contribution in [3.05, 3.63) is 83.4 Å². The van der Waals surface area contributed by atoms with Gasteiger partial charge in [-0.15, -0.1) is 0 Å². The molecule has 0 aliphatic carbocycles. The van der Waals surface area contributed by atoms with Crippen LogP contribution in [0.1, 0.15) is 43.0 Å². The molecule has 0 spiro atoms. The van der Waals surface area contributed by atoms with E-state index >= 15 is 0 Å². The Bertz CT molecular complexity index is 1350. The zero-order valence-corrected chi connectivity index (χ0v) is 22.1. The predicted octanol–water partition coefficient (Wildman–Crippen LogP) is 4.93. The van der Waals surface area contributed by atoms with Gasteiger partial charge in [0, 0.05) is 12.0 Å². The van der Waals surface area contributed by atoms with Gasteiger partial charge in [-0.2, -0.15) is 0 Å². The second-order valence-corrected chi connectivity index (χ2v) is 11.6. The van der Waals surface area contributed by atoms with E-state index < -0.39 is 21.5 Å². The summed E-state index contributed by atoms with van der Waals surface area (Å²) in [7, 11) is -2.41. The van der Waals surface area contributed by atoms with Crippen LogP contribution in [0.5, 0.6) is 11.5 Å². The molecule has 1 aliphatic heterocycles. The Kier molecular flexibility index (Phi) is 7.00. The van der Waals surface area contributed by atoms with Crippen molar-refractivity contribution < 1.29 is 22.7 Å². The molecule has 0 saturated heterocycles. The summed E-state index contributed by atoms with van der Waals surface area (Å²) < 4.78 is 40.0. The number of benzene rings is 3. The number of methoxy groups -OCH3 is 1. The van der Waals surface area contributed by atoms with Crippen molar-refractivity contribution in [3.63, 3.8) is 0 Å². The van der Waals surface area contributed by atoms with Crippen LogP contribution >= 0.6 is 0 Å². The number of anilines is 1. The lowest BCUT2D eigenvalue weighted by Gasteiger charge is -2.38. The van der Waals surface area contributed by atoms with E-state index in [1.165, 1.54) is 16.4 Å². The van der Waals surface area contributed by atoms with E-state index in [1.54, 1.807) is 37.4 Å². The highest BCUT2D eigenvalue weighted by molar-refractivity contribution is 7.92. The summed E-state index contributed by atoms with van der Waals surface area (Å²) in [5.74, 6) is 0.908. The molecule has 1 aliphatic rings. The largest absolute Gasteiger partial charge is 0.497 e. The fourth-order valence-electron chi connectivity index (χ4n) is 4.59. The molecular formula is C28H32N2O5S. The topological polar surface area (TPSA) is 84.9 Å². The van der Waals surface area contributed by atoms with Crippen molar-refractivity contribution >= 4 is 21.6 Å². The van der Waals surface area contributed by atoms with Crippen molar-refractivity contribution in [2.45, 2.75) is 50.7 Å². The zero-order valence-electron chi connectivity index (χ0n) is 21.2. The number of rotatable bonds is 7. The van der Waals surface area contributed by atoms with E-state index in [0.717, 1.165) is 16.7 Å². The molecule has 3 aromatic carbocycles. The maximum Gasteiger partial charge on any atom is 0.264 e. The number of hydrogen-bond donors (Lipinski definition) is 1. The number of fused-ring (bicyclic) bond motifs is 1. The fraction of sp³-hybridized carbons (Fsp3) is 0.321. The zero-order chi connectivity index (χ0) is 26.1. The molecule has 1 heterocycles. The number of hydrogen-bond acceptors (Lipinski definition) is 5. The second-order valence-electron chi connectivity index (χ2n) is 9.76. The van der Waals surface area contributed by atoms with Crippen molar-refractivity contribution in [1.29, 1.82) is 0 Å². The Morgan fingerprint density at radius 3 is 2.36 bits per heavy atom. The average Bonchev–Trinajstić information content (AvgIpc) is 2.81. The highest BCUT2D eigenvalue weighted by Gasteiger charge is 2.36. The van der Waals surface area contributed by atoms with E-state index in [9.17, 15) is 13.2 Å². The first kappa shape index (κ1) is 25.6. The van der Waals surface area contributed by atoms with Gasteiger partial charge in [0.15, 0.2) is 0 Å². The van der Waals surface area contributed by atoms with Crippen molar-refractivity contribution in [2.24, 2.45) is 0 Å². The Hall–Kier alpha value is -3.52. The quantitative estimate of drug-likeness (QED) is 0.489. The van der Waals surface area contributed by atoms with Gasteiger partial charge in [0.25, 0.3) is 10.0 Å². The molecule has 0 radical (unpaired) electrons. The average molecular weight is 509 g/mol. The lowest BCUT2D eigenvalue weighted by molar-refractivity contribution is -0.120. The molecule has 190 valence electrons. The summed E-state index contributed by atoms with van der Waals surface area (Å²) in [4.78, 5) is 13.6. The Morgan fingerprint density at radius 1 is 1.06 bits per heavy atom. The highest BCUT2D eigenvalue weighted by atomic mass is 32.2. The third kappa shape index (κ3) is 5.49. The molecule has 1 atom stereocenters. The molecular weight excluding hydrogens is 476 g/mol. The number of nitrogens with zero attached hydrogens (tertiary/aromatic N) is 1. The molecule has 0 aromatic heterocycles. The third-order valence-corrected chi connectivity index (χ3v) is 7.91. The molecule has 0 bridgehead atoms. The van der Waals surface area contributed by atoms with Crippen LogP contribution in [0.4, 0.5) is 5.69 Å². The smallest absolute Gasteiger partial charge is 0.264 e. The van der Waals surface area contributed by atoms with Gasteiger partial charge in [-0.25, -0.2) is 8.42 Å². The number of carbonyl (C=O) groups excluding carboxylic acids is 1. The molecule has 8 heteroatoms. The van der Waals surface area contributed by atoms with Crippen LogP contribution in [-0.4, -0.2) is 33.6 Å². The first-order valence-electron chi connectivity index (χ1n) is 11.8. The SMILES string of the molecule is COc1ccc2c(c1)C(NC(=O)CN(c1cc(C)cc(C)c1)S(=O)(=O)c1ccccc1)CC(C)(C)O2. The lowest BCUT2D eigenvalue weighted by Crippen LogP contribution is -2.45. The first-order valence-corrected chi connectivity index (χ1v) is 13.2. The number of ether oxygens (including phenoxy) is 2. The van der Waals surface area contributed by atoms with Gasteiger partial charge >= 0.3 is 0 Å². The van der Waals surface area contributed by atoms with Crippen molar-refractivity contribution in [1.82, 2.24) is 5.32 Å². The number of nitrogens with one attached hydrogen (secondary N) is 1. The summed E-state index contributed by atoms with van der Waals surface area (Å²) >= 11 is 0. The monoisotopic (exact) mass is 508 g/mol. The van der Waals surface area contributed by atoms with Crippen LogP contribution in [0.2, 0.25) is 0 Å². The molecule has 1 unspecified atom stereocenters. The van der Waals surface area contributed by atoms with Crippen LogP contribution in [0.25, 0.3) is 0 Å². The van der Waals surface area contributed by atoms with Crippen LogP contribution in [0, 0.1) is 13.8 Å². The third-order valence-electron chi connectivity index (χ3n) is 6.12. The van der Waals surface area contributed by atoms with Gasteiger partial charge in [-0.1, -0.05) is 24.3 Å². The summed E-state index contributed by atoms with van der Waals surface area (Å²) in [6.45, 7) is 7.36. The van der Waals surface area contributed by atoms with E-state index in [2.05, 4.69) is 5.32 Å². The first-order chi connectivity index (χ1) is 17.0. The van der Waals surface area contributed by atoms with Crippen molar-refractivity contribution in [2.75, 3.05) is 18.0 Å². The molecule has 0 saturated carbocycles. The van der Waals surface area contributed by atoms with Crippen LogP contribution in [0.15, 0.2) is 71.6 Å². The second kappa shape index (κ2) is 9.85. The minimum Gasteiger partial charge on any atom is -0.497 e. The van der Waals surface area contributed by atoms with E-state index in [1.807, 2.05) is 52.0 Å². The maximum absolute atomic E-state index is 13.7. The molecule has 4 rings (SSSR count). The summed E-state index contributed by atoms with van der Waals surface area (Å²) in [5, 5.41) is 3.05. The highest BCUT2D eigenvalue weighted by Crippen LogP contribution is 2.41. The lowest BCUT2D eigenvalue weighted by atomic mass is 9.89. The predicted molar refractivity (Wildman–Crippen MR) is 140 cm³/mol. The maximum atomic E-state index is 13.7. The standard InChI is InChI=1S/C28H32N2O5S/c1-19-13-20(2)15-21(14-19)30(36(32,33)23-9-7-6-8-10-23)18-27(31)29-25-17-28(3,4)35-26-12-11-22(34-5)16-24(25)26/h6-16,25H,17-18H2,1-5H3,(H,29,31). The number of carbonyl (C=O) groups is 1. The molecule has 0 fully saturated rings. The minimum absolute atomic E-state index is 0.124. The van der Waals surface area contributed by atoms with E-state index in [-0.39, 0.29) is 17.5 Å². The van der Waals surface area contributed by atoms with Crippen LogP contribution < -0.4 is 19.1 Å². The van der Waals surface area contributed by atoms with Crippen LogP contribution in [0.3, 0.4) is 0 Å². The number of aryl methyl sites for hydroxylation is 2. The normalized spacial score (nSPS) is 16.4. The Balaban J connectivity index is 1.68. The van der Waals surface area contributed by atoms with Gasteiger partial charge in [-0.3, -0.25) is 9.10 Å². The molecule has 36 heavy (non-hydrogen) atoms. The minimum atomic E-state index is -3.99. The van der Waals surface area contributed by atoms with Gasteiger partial charge in [0.1, 0.15) is 23.6 Å². The Morgan fingerprint density at radius 2 is 1.72 bits per heavy atom. The molecule has 1 amide bonds. The number of amides is 1. The molecule has 3 aromatic rings. The summed E-state index contributed by atoms with van der Waals surface area (Å²) in [6, 6.07) is 18.8. The van der Waals surface area contributed by atoms with Gasteiger partial charge in [-0.05, 0) is 81.3 Å². The summed E-state index contributed by atoms with van der Waals surface area (Å²) in [6.07, 6.45) is 0.522. The van der Waals surface area contributed by atoms with Gasteiger partial charge in [0.05, 0.1) is 23.7 Å². The molecule has 1 N–H and O–H groups in total. The van der Waals surface area contributed by atoms with Gasteiger partial charge in [0.2, 0.25) is 5.91 Å². The van der Waals surface area contributed by atoms with Gasteiger partial charge < -0.3 is 14.8 Å². The van der Waals surface area contributed by atoms with E-state index in [0.29, 0.717) is 23.6 Å². The fourth-order valence-corrected chi connectivity index (χ4v) is 6.01. The summed E-state index contributed by atoms with van der Waals surface area (Å²) in [5.41, 5.74) is 2.55. The Labute approximate surface area is 213 Å². The van der Waals surface area contributed by atoms with Crippen LogP contribution in [-0.2, 0) is 14.8 Å². The molecule has 7 nitrogen and oxygen atoms in total. The number of sulfonamides is 1. The van der Waals surface area contributed by atoms with Crippen molar-refractivity contribution in [3.8, 4) is 11.5 Å².